The normalized spacial score (nSPS) is 15.6. The van der Waals surface area contributed by atoms with Gasteiger partial charge in [0.2, 0.25) is 0 Å². The lowest BCUT2D eigenvalue weighted by molar-refractivity contribution is -0.119. The van der Waals surface area contributed by atoms with Gasteiger partial charge in [-0.2, -0.15) is 5.06 Å². The molecular weight excluding hydrogens is 216 g/mol. The number of para-hydroxylation sites is 1. The van der Waals surface area contributed by atoms with Gasteiger partial charge in [-0.3, -0.25) is 9.63 Å². The van der Waals surface area contributed by atoms with Gasteiger partial charge in [0.25, 0.3) is 5.91 Å². The Labute approximate surface area is 101 Å². The molecule has 1 aliphatic heterocycles. The molecule has 0 aliphatic carbocycles. The minimum atomic E-state index is 0.0382. The highest BCUT2D eigenvalue weighted by Gasteiger charge is 2.24. The summed E-state index contributed by atoms with van der Waals surface area (Å²) in [6.45, 7) is 1.19. The van der Waals surface area contributed by atoms with Gasteiger partial charge in [0.05, 0.1) is 18.7 Å². The van der Waals surface area contributed by atoms with E-state index in [0.717, 1.165) is 30.5 Å². The standard InChI is InChI=1S/C13H18N2O2/c14-9-4-3-6-11-5-1-2-7-12(11)15-13(16)8-10-17-15/h1-2,5,7H,3-4,6,8-10,14H2. The van der Waals surface area contributed by atoms with Crippen LogP contribution in [0.2, 0.25) is 0 Å². The number of nitrogens with two attached hydrogens (primary N) is 1. The zero-order valence-corrected chi connectivity index (χ0v) is 9.89. The highest BCUT2D eigenvalue weighted by molar-refractivity contribution is 5.93. The van der Waals surface area contributed by atoms with Crippen LogP contribution in [-0.4, -0.2) is 19.1 Å². The average molecular weight is 234 g/mol. The van der Waals surface area contributed by atoms with Crippen molar-refractivity contribution >= 4 is 11.6 Å². The molecule has 1 aromatic carbocycles. The third kappa shape index (κ3) is 2.84. The lowest BCUT2D eigenvalue weighted by Gasteiger charge is -2.17. The molecule has 0 atom stereocenters. The predicted octanol–water partition coefficient (Wildman–Crippen LogP) is 1.64. The van der Waals surface area contributed by atoms with Crippen LogP contribution in [0.25, 0.3) is 0 Å². The molecule has 0 saturated carbocycles. The SMILES string of the molecule is NCCCCc1ccccc1N1OCCC1=O. The third-order valence-corrected chi connectivity index (χ3v) is 2.87. The lowest BCUT2D eigenvalue weighted by Crippen LogP contribution is -2.23. The molecule has 2 rings (SSSR count). The Hall–Kier alpha value is -1.39. The van der Waals surface area contributed by atoms with Crippen molar-refractivity contribution in [3.05, 3.63) is 29.8 Å². The number of carbonyl (C=O) groups is 1. The Morgan fingerprint density at radius 3 is 2.82 bits per heavy atom. The van der Waals surface area contributed by atoms with E-state index < -0.39 is 0 Å². The monoisotopic (exact) mass is 234 g/mol. The number of rotatable bonds is 5. The van der Waals surface area contributed by atoms with Crippen LogP contribution in [0.1, 0.15) is 24.8 Å². The summed E-state index contributed by atoms with van der Waals surface area (Å²) in [5.41, 5.74) is 7.52. The van der Waals surface area contributed by atoms with E-state index in [-0.39, 0.29) is 5.91 Å². The van der Waals surface area contributed by atoms with E-state index in [0.29, 0.717) is 19.6 Å². The summed E-state index contributed by atoms with van der Waals surface area (Å²) in [6.07, 6.45) is 3.44. The summed E-state index contributed by atoms with van der Waals surface area (Å²) in [6, 6.07) is 7.89. The molecule has 4 nitrogen and oxygen atoms in total. The Kier molecular flexibility index (Phi) is 4.12. The zero-order chi connectivity index (χ0) is 12.1. The number of anilines is 1. The second-order valence-corrected chi connectivity index (χ2v) is 4.15. The van der Waals surface area contributed by atoms with Crippen molar-refractivity contribution in [2.75, 3.05) is 18.2 Å². The number of hydrogen-bond donors (Lipinski definition) is 1. The topological polar surface area (TPSA) is 55.6 Å². The molecule has 0 radical (unpaired) electrons. The van der Waals surface area contributed by atoms with Gasteiger partial charge in [0.1, 0.15) is 0 Å². The number of hydrogen-bond acceptors (Lipinski definition) is 3. The minimum absolute atomic E-state index is 0.0382. The van der Waals surface area contributed by atoms with Crippen LogP contribution in [0.3, 0.4) is 0 Å². The number of hydroxylamine groups is 1. The molecule has 0 aromatic heterocycles. The fourth-order valence-electron chi connectivity index (χ4n) is 1.98. The Bertz CT molecular complexity index is 393. The van der Waals surface area contributed by atoms with Crippen LogP contribution >= 0.6 is 0 Å². The Balaban J connectivity index is 2.12. The van der Waals surface area contributed by atoms with E-state index in [9.17, 15) is 4.79 Å². The number of unbranched alkanes of at least 4 members (excludes halogenated alkanes) is 1. The molecule has 2 N–H and O–H groups in total. The van der Waals surface area contributed by atoms with Crippen molar-refractivity contribution in [3.63, 3.8) is 0 Å². The molecule has 92 valence electrons. The fourth-order valence-corrected chi connectivity index (χ4v) is 1.98. The number of aryl methyl sites for hydroxylation is 1. The molecule has 1 aromatic rings. The first-order valence-corrected chi connectivity index (χ1v) is 6.07. The summed E-state index contributed by atoms with van der Waals surface area (Å²) in [7, 11) is 0. The average Bonchev–Trinajstić information content (AvgIpc) is 2.76. The maximum atomic E-state index is 11.6. The van der Waals surface area contributed by atoms with Crippen LogP contribution in [0, 0.1) is 0 Å². The fraction of sp³-hybridized carbons (Fsp3) is 0.462. The van der Waals surface area contributed by atoms with Gasteiger partial charge in [-0.05, 0) is 37.4 Å². The van der Waals surface area contributed by atoms with Gasteiger partial charge in [-0.25, -0.2) is 0 Å². The predicted molar refractivity (Wildman–Crippen MR) is 66.5 cm³/mol. The summed E-state index contributed by atoms with van der Waals surface area (Å²) in [5.74, 6) is 0.0382. The molecule has 0 spiro atoms. The molecule has 4 heteroatoms. The molecule has 1 saturated heterocycles. The largest absolute Gasteiger partial charge is 0.330 e. The number of benzene rings is 1. The molecule has 17 heavy (non-hydrogen) atoms. The van der Waals surface area contributed by atoms with E-state index in [4.69, 9.17) is 10.6 Å². The van der Waals surface area contributed by atoms with E-state index in [2.05, 4.69) is 0 Å². The Morgan fingerprint density at radius 2 is 2.12 bits per heavy atom. The van der Waals surface area contributed by atoms with E-state index in [1.807, 2.05) is 24.3 Å². The van der Waals surface area contributed by atoms with Gasteiger partial charge in [-0.1, -0.05) is 18.2 Å². The summed E-state index contributed by atoms with van der Waals surface area (Å²) in [5, 5.41) is 1.43. The van der Waals surface area contributed by atoms with Crippen LogP contribution in [0.5, 0.6) is 0 Å². The van der Waals surface area contributed by atoms with Crippen molar-refractivity contribution in [2.24, 2.45) is 5.73 Å². The first-order chi connectivity index (χ1) is 8.33. The number of amides is 1. The van der Waals surface area contributed by atoms with E-state index >= 15 is 0 Å². The molecule has 1 fully saturated rings. The van der Waals surface area contributed by atoms with Gasteiger partial charge < -0.3 is 5.73 Å². The smallest absolute Gasteiger partial charge is 0.253 e. The molecule has 1 heterocycles. The quantitative estimate of drug-likeness (QED) is 0.788. The van der Waals surface area contributed by atoms with Gasteiger partial charge in [0, 0.05) is 0 Å². The molecule has 1 aliphatic rings. The molecule has 0 unspecified atom stereocenters. The van der Waals surface area contributed by atoms with E-state index in [1.54, 1.807) is 0 Å². The number of nitrogens with zero attached hydrogens (tertiary/aromatic N) is 1. The first-order valence-electron chi connectivity index (χ1n) is 6.07. The lowest BCUT2D eigenvalue weighted by atomic mass is 10.1. The van der Waals surface area contributed by atoms with Crippen molar-refractivity contribution in [1.29, 1.82) is 0 Å². The number of carbonyl (C=O) groups excluding carboxylic acids is 1. The molecule has 0 bridgehead atoms. The van der Waals surface area contributed by atoms with Gasteiger partial charge in [-0.15, -0.1) is 0 Å². The minimum Gasteiger partial charge on any atom is -0.330 e. The molecule has 1 amide bonds. The van der Waals surface area contributed by atoms with Gasteiger partial charge in [0.15, 0.2) is 0 Å². The second kappa shape index (κ2) is 5.80. The summed E-state index contributed by atoms with van der Waals surface area (Å²) >= 11 is 0. The van der Waals surface area contributed by atoms with Crippen LogP contribution in [0.4, 0.5) is 5.69 Å². The maximum Gasteiger partial charge on any atom is 0.253 e. The van der Waals surface area contributed by atoms with Crippen molar-refractivity contribution < 1.29 is 9.63 Å². The summed E-state index contributed by atoms with van der Waals surface area (Å²) in [4.78, 5) is 17.0. The maximum absolute atomic E-state index is 11.6. The Morgan fingerprint density at radius 1 is 1.29 bits per heavy atom. The third-order valence-electron chi connectivity index (χ3n) is 2.87. The van der Waals surface area contributed by atoms with Crippen LogP contribution in [0.15, 0.2) is 24.3 Å². The first kappa shape index (κ1) is 12.1. The zero-order valence-electron chi connectivity index (χ0n) is 9.89. The van der Waals surface area contributed by atoms with Crippen LogP contribution in [-0.2, 0) is 16.1 Å². The molecular formula is C13H18N2O2. The van der Waals surface area contributed by atoms with E-state index in [1.165, 1.54) is 5.06 Å². The van der Waals surface area contributed by atoms with Crippen LogP contribution < -0.4 is 10.8 Å². The van der Waals surface area contributed by atoms with Gasteiger partial charge >= 0.3 is 0 Å². The van der Waals surface area contributed by atoms with Crippen molar-refractivity contribution in [1.82, 2.24) is 0 Å². The second-order valence-electron chi connectivity index (χ2n) is 4.15. The van der Waals surface area contributed by atoms with Crippen molar-refractivity contribution in [3.8, 4) is 0 Å². The highest BCUT2D eigenvalue weighted by Crippen LogP contribution is 2.25. The summed E-state index contributed by atoms with van der Waals surface area (Å²) < 4.78 is 0. The van der Waals surface area contributed by atoms with Crippen molar-refractivity contribution in [2.45, 2.75) is 25.7 Å². The highest BCUT2D eigenvalue weighted by atomic mass is 16.7.